The van der Waals surface area contributed by atoms with Crippen molar-refractivity contribution >= 4 is 11.3 Å². The summed E-state index contributed by atoms with van der Waals surface area (Å²) in [6, 6.07) is 17.5. The predicted molar refractivity (Wildman–Crippen MR) is 112 cm³/mol. The maximum atomic E-state index is 8.99. The van der Waals surface area contributed by atoms with Crippen molar-refractivity contribution in [3.05, 3.63) is 64.7 Å². The van der Waals surface area contributed by atoms with Gasteiger partial charge in [0.15, 0.2) is 11.5 Å². The average Bonchev–Trinajstić information content (AvgIpc) is 3.43. The van der Waals surface area contributed by atoms with Crippen molar-refractivity contribution in [2.24, 2.45) is 0 Å². The summed E-state index contributed by atoms with van der Waals surface area (Å²) in [5, 5.41) is 9.88. The van der Waals surface area contributed by atoms with Crippen LogP contribution in [0.25, 0.3) is 10.6 Å². The average molecular weight is 404 g/mol. The van der Waals surface area contributed by atoms with Crippen molar-refractivity contribution in [2.75, 3.05) is 19.8 Å². The third kappa shape index (κ3) is 3.71. The number of hydrogen-bond donors (Lipinski definition) is 0. The van der Waals surface area contributed by atoms with Crippen LogP contribution in [0, 0.1) is 11.3 Å². The smallest absolute Gasteiger partial charge is 0.161 e. The summed E-state index contributed by atoms with van der Waals surface area (Å²) in [6.45, 7) is 3.25. The molecular weight excluding hydrogens is 382 g/mol. The van der Waals surface area contributed by atoms with E-state index in [2.05, 4.69) is 52.4 Å². The molecule has 0 spiro atoms. The predicted octanol–water partition coefficient (Wildman–Crippen LogP) is 4.79. The summed E-state index contributed by atoms with van der Waals surface area (Å²) in [6.07, 6.45) is 4.00. The number of aromatic nitrogens is 1. The second kappa shape index (κ2) is 7.86. The first kappa shape index (κ1) is 18.2. The minimum absolute atomic E-state index is 0.405. The molecule has 0 N–H and O–H groups in total. The van der Waals surface area contributed by atoms with E-state index in [0.717, 1.165) is 41.6 Å². The fourth-order valence-corrected chi connectivity index (χ4v) is 4.83. The molecule has 0 saturated carbocycles. The van der Waals surface area contributed by atoms with Crippen LogP contribution in [0.4, 0.5) is 0 Å². The van der Waals surface area contributed by atoms with Gasteiger partial charge in [-0.15, -0.1) is 11.3 Å². The summed E-state index contributed by atoms with van der Waals surface area (Å²) in [5.41, 5.74) is 3.65. The van der Waals surface area contributed by atoms with Crippen LogP contribution in [0.15, 0.2) is 48.7 Å². The van der Waals surface area contributed by atoms with E-state index < -0.39 is 0 Å². The van der Waals surface area contributed by atoms with E-state index in [1.807, 2.05) is 6.07 Å². The quantitative estimate of drug-likeness (QED) is 0.627. The molecule has 0 unspecified atom stereocenters. The van der Waals surface area contributed by atoms with Crippen molar-refractivity contribution < 1.29 is 9.47 Å². The molecule has 0 bridgehead atoms. The first-order valence-corrected chi connectivity index (χ1v) is 10.7. The topological polar surface area (TPSA) is 58.4 Å². The number of likely N-dealkylation sites (tertiary alicyclic amines) is 1. The van der Waals surface area contributed by atoms with Gasteiger partial charge in [-0.3, -0.25) is 4.90 Å². The van der Waals surface area contributed by atoms with Crippen LogP contribution in [-0.2, 0) is 6.54 Å². The fraction of sp³-hybridized carbons (Fsp3) is 0.304. The molecule has 5 nitrogen and oxygen atoms in total. The Morgan fingerprint density at radius 2 is 1.93 bits per heavy atom. The summed E-state index contributed by atoms with van der Waals surface area (Å²) < 4.78 is 11.4. The fourth-order valence-electron chi connectivity index (χ4n) is 4.11. The van der Waals surface area contributed by atoms with Gasteiger partial charge in [-0.1, -0.05) is 30.3 Å². The third-order valence-electron chi connectivity index (χ3n) is 5.52. The zero-order chi connectivity index (χ0) is 19.6. The molecule has 1 fully saturated rings. The molecule has 6 heteroatoms. The maximum Gasteiger partial charge on any atom is 0.161 e. The van der Waals surface area contributed by atoms with Crippen LogP contribution in [0.5, 0.6) is 11.5 Å². The minimum atomic E-state index is 0.405. The van der Waals surface area contributed by atoms with Gasteiger partial charge in [0.05, 0.1) is 6.20 Å². The Kier molecular flexibility index (Phi) is 4.92. The van der Waals surface area contributed by atoms with Crippen LogP contribution >= 0.6 is 11.3 Å². The van der Waals surface area contributed by atoms with Crippen molar-refractivity contribution in [1.82, 2.24) is 9.88 Å². The molecule has 2 aliphatic heterocycles. The molecule has 3 heterocycles. The number of ether oxygens (including phenoxy) is 2. The Hall–Kier alpha value is -2.88. The molecule has 1 aromatic heterocycles. The van der Waals surface area contributed by atoms with Crippen LogP contribution in [0.3, 0.4) is 0 Å². The molecule has 1 atom stereocenters. The minimum Gasteiger partial charge on any atom is -0.486 e. The Balaban J connectivity index is 1.31. The summed E-state index contributed by atoms with van der Waals surface area (Å²) >= 11 is 1.43. The molecule has 0 amide bonds. The Morgan fingerprint density at radius 3 is 2.72 bits per heavy atom. The molecule has 2 aliphatic rings. The van der Waals surface area contributed by atoms with Gasteiger partial charge in [0.1, 0.15) is 29.2 Å². The van der Waals surface area contributed by atoms with E-state index in [9.17, 15) is 0 Å². The standard InChI is InChI=1S/C23H21N3O2S/c24-13-19-14-25-23(29-19)17-5-3-16(4-6-17)15-26-9-1-2-20(26)18-7-8-21-22(12-18)28-11-10-27-21/h3-8,12,14,20H,1-2,9-11,15H2/t20-/m0/s1. The number of thiazole rings is 1. The second-order valence-electron chi connectivity index (χ2n) is 7.37. The first-order chi connectivity index (χ1) is 14.3. The molecule has 2 aromatic carbocycles. The normalized spacial score (nSPS) is 18.5. The highest BCUT2D eigenvalue weighted by Gasteiger charge is 2.27. The van der Waals surface area contributed by atoms with E-state index in [0.29, 0.717) is 24.1 Å². The van der Waals surface area contributed by atoms with Crippen LogP contribution < -0.4 is 9.47 Å². The Bertz CT molecular complexity index is 1050. The largest absolute Gasteiger partial charge is 0.486 e. The van der Waals surface area contributed by atoms with Gasteiger partial charge in [0.25, 0.3) is 0 Å². The lowest BCUT2D eigenvalue weighted by molar-refractivity contribution is 0.170. The first-order valence-electron chi connectivity index (χ1n) is 9.89. The lowest BCUT2D eigenvalue weighted by Gasteiger charge is -2.26. The van der Waals surface area contributed by atoms with E-state index in [1.165, 1.54) is 28.9 Å². The summed E-state index contributed by atoms with van der Waals surface area (Å²) in [5.74, 6) is 1.71. The van der Waals surface area contributed by atoms with Gasteiger partial charge in [-0.2, -0.15) is 5.26 Å². The second-order valence-corrected chi connectivity index (χ2v) is 8.40. The Labute approximate surface area is 174 Å². The van der Waals surface area contributed by atoms with E-state index in [4.69, 9.17) is 14.7 Å². The highest BCUT2D eigenvalue weighted by molar-refractivity contribution is 7.15. The van der Waals surface area contributed by atoms with Crippen molar-refractivity contribution in [2.45, 2.75) is 25.4 Å². The number of fused-ring (bicyclic) bond motifs is 1. The molecular formula is C23H21N3O2S. The molecule has 146 valence electrons. The molecule has 29 heavy (non-hydrogen) atoms. The number of nitrogens with zero attached hydrogens (tertiary/aromatic N) is 3. The van der Waals surface area contributed by atoms with Crippen LogP contribution in [0.1, 0.15) is 34.9 Å². The molecule has 0 radical (unpaired) electrons. The maximum absolute atomic E-state index is 8.99. The number of benzene rings is 2. The van der Waals surface area contributed by atoms with E-state index in [1.54, 1.807) is 6.20 Å². The summed E-state index contributed by atoms with van der Waals surface area (Å²) in [4.78, 5) is 7.52. The van der Waals surface area contributed by atoms with E-state index in [-0.39, 0.29) is 0 Å². The van der Waals surface area contributed by atoms with Crippen molar-refractivity contribution in [3.8, 4) is 28.1 Å². The van der Waals surface area contributed by atoms with Gasteiger partial charge in [-0.05, 0) is 42.6 Å². The molecule has 3 aromatic rings. The lowest BCUT2D eigenvalue weighted by Crippen LogP contribution is -2.23. The molecule has 1 saturated heterocycles. The van der Waals surface area contributed by atoms with Crippen LogP contribution in [-0.4, -0.2) is 29.6 Å². The zero-order valence-corrected chi connectivity index (χ0v) is 16.8. The third-order valence-corrected chi connectivity index (χ3v) is 6.47. The highest BCUT2D eigenvalue weighted by Crippen LogP contribution is 2.38. The summed E-state index contributed by atoms with van der Waals surface area (Å²) in [7, 11) is 0. The molecule has 0 aliphatic carbocycles. The molecule has 5 rings (SSSR count). The number of hydrogen-bond acceptors (Lipinski definition) is 6. The monoisotopic (exact) mass is 403 g/mol. The highest BCUT2D eigenvalue weighted by atomic mass is 32.1. The Morgan fingerprint density at radius 1 is 1.10 bits per heavy atom. The SMILES string of the molecule is N#Cc1cnc(-c2ccc(CN3CCC[C@H]3c3ccc4c(c3)OCCO4)cc2)s1. The van der Waals surface area contributed by atoms with Crippen molar-refractivity contribution in [1.29, 1.82) is 5.26 Å². The number of rotatable bonds is 4. The van der Waals surface area contributed by atoms with Gasteiger partial charge in [0, 0.05) is 18.2 Å². The van der Waals surface area contributed by atoms with Gasteiger partial charge in [0.2, 0.25) is 0 Å². The van der Waals surface area contributed by atoms with Crippen LogP contribution in [0.2, 0.25) is 0 Å². The number of nitriles is 1. The van der Waals surface area contributed by atoms with Gasteiger partial charge < -0.3 is 9.47 Å². The van der Waals surface area contributed by atoms with Gasteiger partial charge >= 0.3 is 0 Å². The van der Waals surface area contributed by atoms with Gasteiger partial charge in [-0.25, -0.2) is 4.98 Å². The van der Waals surface area contributed by atoms with E-state index >= 15 is 0 Å². The lowest BCUT2D eigenvalue weighted by atomic mass is 10.0. The van der Waals surface area contributed by atoms with Crippen molar-refractivity contribution in [3.63, 3.8) is 0 Å². The zero-order valence-electron chi connectivity index (χ0n) is 16.0.